The summed E-state index contributed by atoms with van der Waals surface area (Å²) < 4.78 is 31.0. The van der Waals surface area contributed by atoms with Gasteiger partial charge in [-0.2, -0.15) is 0 Å². The minimum Gasteiger partial charge on any atom is -0.490 e. The standard InChI is InChI=1S/C19H20Cl2N2O4S/c1-4-11-27-16-8-5-14(6-9-16)22-19(24)13(2)23(28(3,25)26)15-7-10-17(20)18(21)12-15/h4-10,12-13H,1,11H2,2-3H3,(H,22,24)/t13-/m0/s1. The van der Waals surface area contributed by atoms with Crippen LogP contribution in [0.1, 0.15) is 6.92 Å². The predicted octanol–water partition coefficient (Wildman–Crippen LogP) is 4.35. The molecule has 9 heteroatoms. The quantitative estimate of drug-likeness (QED) is 0.616. The van der Waals surface area contributed by atoms with E-state index in [4.69, 9.17) is 27.9 Å². The molecule has 0 saturated carbocycles. The third kappa shape index (κ3) is 5.64. The van der Waals surface area contributed by atoms with E-state index in [9.17, 15) is 13.2 Å². The van der Waals surface area contributed by atoms with E-state index in [1.54, 1.807) is 30.3 Å². The minimum absolute atomic E-state index is 0.190. The topological polar surface area (TPSA) is 75.7 Å². The first kappa shape index (κ1) is 22.1. The molecule has 0 heterocycles. The fourth-order valence-electron chi connectivity index (χ4n) is 2.47. The van der Waals surface area contributed by atoms with Gasteiger partial charge in [0.05, 0.1) is 22.0 Å². The Kier molecular flexibility index (Phi) is 7.35. The molecule has 2 aromatic rings. The van der Waals surface area contributed by atoms with Gasteiger partial charge < -0.3 is 10.1 Å². The van der Waals surface area contributed by atoms with Gasteiger partial charge in [0.2, 0.25) is 15.9 Å². The van der Waals surface area contributed by atoms with Gasteiger partial charge in [-0.3, -0.25) is 9.10 Å². The Morgan fingerprint density at radius 3 is 2.39 bits per heavy atom. The molecule has 0 radical (unpaired) electrons. The van der Waals surface area contributed by atoms with Crippen molar-refractivity contribution < 1.29 is 17.9 Å². The van der Waals surface area contributed by atoms with Gasteiger partial charge in [-0.1, -0.05) is 35.9 Å². The number of carbonyl (C=O) groups excluding carboxylic acids is 1. The number of nitrogens with one attached hydrogen (secondary N) is 1. The Morgan fingerprint density at radius 1 is 1.21 bits per heavy atom. The molecule has 0 aromatic heterocycles. The van der Waals surface area contributed by atoms with Crippen LogP contribution < -0.4 is 14.4 Å². The van der Waals surface area contributed by atoms with Gasteiger partial charge in [-0.05, 0) is 49.4 Å². The summed E-state index contributed by atoms with van der Waals surface area (Å²) in [5.74, 6) is 0.121. The fraction of sp³-hybridized carbons (Fsp3) is 0.211. The average molecular weight is 443 g/mol. The highest BCUT2D eigenvalue weighted by atomic mass is 35.5. The number of sulfonamides is 1. The largest absolute Gasteiger partial charge is 0.490 e. The number of anilines is 2. The second-order valence-electron chi connectivity index (χ2n) is 5.95. The molecule has 0 aliphatic carbocycles. The molecule has 6 nitrogen and oxygen atoms in total. The van der Waals surface area contributed by atoms with Gasteiger partial charge in [0.25, 0.3) is 0 Å². The van der Waals surface area contributed by atoms with Gasteiger partial charge in [-0.25, -0.2) is 8.42 Å². The lowest BCUT2D eigenvalue weighted by Gasteiger charge is -2.28. The predicted molar refractivity (Wildman–Crippen MR) is 114 cm³/mol. The van der Waals surface area contributed by atoms with E-state index < -0.39 is 22.0 Å². The van der Waals surface area contributed by atoms with Crippen molar-refractivity contribution in [2.45, 2.75) is 13.0 Å². The van der Waals surface area contributed by atoms with Crippen LogP contribution in [0.5, 0.6) is 5.75 Å². The highest BCUT2D eigenvalue weighted by Gasteiger charge is 2.29. The molecule has 2 aromatic carbocycles. The van der Waals surface area contributed by atoms with E-state index in [1.165, 1.54) is 25.1 Å². The van der Waals surface area contributed by atoms with E-state index in [2.05, 4.69) is 11.9 Å². The van der Waals surface area contributed by atoms with Crippen molar-refractivity contribution in [1.82, 2.24) is 0 Å². The van der Waals surface area contributed by atoms with Gasteiger partial charge in [0.15, 0.2) is 0 Å². The molecule has 1 amide bonds. The third-order valence-corrected chi connectivity index (χ3v) is 5.72. The Morgan fingerprint density at radius 2 is 1.86 bits per heavy atom. The molecule has 0 saturated heterocycles. The van der Waals surface area contributed by atoms with Crippen LogP contribution in [0.3, 0.4) is 0 Å². The SMILES string of the molecule is C=CCOc1ccc(NC(=O)[C@H](C)N(c2ccc(Cl)c(Cl)c2)S(C)(=O)=O)cc1. The first-order chi connectivity index (χ1) is 13.1. The maximum atomic E-state index is 12.7. The maximum Gasteiger partial charge on any atom is 0.247 e. The van der Waals surface area contributed by atoms with Crippen molar-refractivity contribution in [1.29, 1.82) is 0 Å². The lowest BCUT2D eigenvalue weighted by Crippen LogP contribution is -2.45. The molecule has 28 heavy (non-hydrogen) atoms. The molecule has 2 rings (SSSR count). The van der Waals surface area contributed by atoms with Crippen molar-refractivity contribution in [3.63, 3.8) is 0 Å². The van der Waals surface area contributed by atoms with Crippen molar-refractivity contribution in [2.75, 3.05) is 22.5 Å². The lowest BCUT2D eigenvalue weighted by atomic mass is 10.2. The first-order valence-corrected chi connectivity index (χ1v) is 10.8. The zero-order valence-electron chi connectivity index (χ0n) is 15.4. The number of nitrogens with zero attached hydrogens (tertiary/aromatic N) is 1. The number of halogens is 2. The maximum absolute atomic E-state index is 12.7. The molecule has 0 aliphatic rings. The molecule has 0 unspecified atom stereocenters. The van der Waals surface area contributed by atoms with E-state index in [-0.39, 0.29) is 15.7 Å². The average Bonchev–Trinajstić information content (AvgIpc) is 2.63. The molecular weight excluding hydrogens is 423 g/mol. The van der Waals surface area contributed by atoms with Crippen LogP contribution >= 0.6 is 23.2 Å². The van der Waals surface area contributed by atoms with Crippen molar-refractivity contribution in [3.8, 4) is 5.75 Å². The van der Waals surface area contributed by atoms with Crippen LogP contribution in [0, 0.1) is 0 Å². The zero-order valence-corrected chi connectivity index (χ0v) is 17.7. The van der Waals surface area contributed by atoms with Gasteiger partial charge in [0, 0.05) is 5.69 Å². The number of rotatable bonds is 8. The smallest absolute Gasteiger partial charge is 0.247 e. The monoisotopic (exact) mass is 442 g/mol. The fourth-order valence-corrected chi connectivity index (χ4v) is 3.93. The molecule has 150 valence electrons. The second-order valence-corrected chi connectivity index (χ2v) is 8.62. The normalized spacial score (nSPS) is 12.1. The van der Waals surface area contributed by atoms with Crippen molar-refractivity contribution >= 4 is 50.5 Å². The van der Waals surface area contributed by atoms with Crippen LogP contribution in [0.2, 0.25) is 10.0 Å². The molecule has 0 bridgehead atoms. The Labute approximate surface area is 174 Å². The Balaban J connectivity index is 2.21. The second kappa shape index (κ2) is 9.32. The summed E-state index contributed by atoms with van der Waals surface area (Å²) in [6, 6.07) is 10.0. The summed E-state index contributed by atoms with van der Waals surface area (Å²) in [5.41, 5.74) is 0.748. The number of hydrogen-bond donors (Lipinski definition) is 1. The van der Waals surface area contributed by atoms with Crippen LogP contribution in [0.25, 0.3) is 0 Å². The molecule has 1 atom stereocenters. The summed E-state index contributed by atoms with van der Waals surface area (Å²) in [7, 11) is -3.76. The van der Waals surface area contributed by atoms with Crippen LogP contribution in [0.4, 0.5) is 11.4 Å². The van der Waals surface area contributed by atoms with Crippen LogP contribution in [-0.4, -0.2) is 33.2 Å². The van der Waals surface area contributed by atoms with E-state index >= 15 is 0 Å². The summed E-state index contributed by atoms with van der Waals surface area (Å²) in [6.07, 6.45) is 2.64. The van der Waals surface area contributed by atoms with Gasteiger partial charge >= 0.3 is 0 Å². The van der Waals surface area contributed by atoms with E-state index in [0.717, 1.165) is 10.6 Å². The van der Waals surface area contributed by atoms with E-state index in [1.807, 2.05) is 0 Å². The zero-order chi connectivity index (χ0) is 20.9. The summed E-state index contributed by atoms with van der Waals surface area (Å²) in [5, 5.41) is 3.17. The molecular formula is C19H20Cl2N2O4S. The molecule has 0 fully saturated rings. The van der Waals surface area contributed by atoms with Gasteiger partial charge in [0.1, 0.15) is 18.4 Å². The number of benzene rings is 2. The van der Waals surface area contributed by atoms with Crippen molar-refractivity contribution in [3.05, 3.63) is 65.2 Å². The van der Waals surface area contributed by atoms with E-state index in [0.29, 0.717) is 18.0 Å². The van der Waals surface area contributed by atoms with Crippen LogP contribution in [0.15, 0.2) is 55.1 Å². The highest BCUT2D eigenvalue weighted by molar-refractivity contribution is 7.92. The first-order valence-electron chi connectivity index (χ1n) is 8.22. The minimum atomic E-state index is -3.76. The van der Waals surface area contributed by atoms with Gasteiger partial charge in [-0.15, -0.1) is 0 Å². The Hall–Kier alpha value is -2.22. The number of amides is 1. The molecule has 0 spiro atoms. The third-order valence-electron chi connectivity index (χ3n) is 3.74. The van der Waals surface area contributed by atoms with Crippen molar-refractivity contribution in [2.24, 2.45) is 0 Å². The lowest BCUT2D eigenvalue weighted by molar-refractivity contribution is -0.116. The van der Waals surface area contributed by atoms with Crippen LogP contribution in [-0.2, 0) is 14.8 Å². The summed E-state index contributed by atoms with van der Waals surface area (Å²) in [4.78, 5) is 12.7. The number of ether oxygens (including phenoxy) is 1. The summed E-state index contributed by atoms with van der Waals surface area (Å²) >= 11 is 11.9. The molecule has 1 N–H and O–H groups in total. The Bertz CT molecular complexity index is 962. The summed E-state index contributed by atoms with van der Waals surface area (Å²) in [6.45, 7) is 5.43. The number of hydrogen-bond acceptors (Lipinski definition) is 4. The number of carbonyl (C=O) groups is 1. The molecule has 0 aliphatic heterocycles. The highest BCUT2D eigenvalue weighted by Crippen LogP contribution is 2.30.